The highest BCUT2D eigenvalue weighted by Gasteiger charge is 2.19. The van der Waals surface area contributed by atoms with Crippen molar-refractivity contribution in [3.05, 3.63) is 54.1 Å². The van der Waals surface area contributed by atoms with Gasteiger partial charge in [-0.15, -0.1) is 11.8 Å². The molecule has 6 heteroatoms. The van der Waals surface area contributed by atoms with Crippen molar-refractivity contribution in [1.29, 1.82) is 0 Å². The van der Waals surface area contributed by atoms with Gasteiger partial charge in [-0.1, -0.05) is 32.0 Å². The zero-order valence-electron chi connectivity index (χ0n) is 16.7. The first-order chi connectivity index (χ1) is 13.4. The minimum absolute atomic E-state index is 0.132. The summed E-state index contributed by atoms with van der Waals surface area (Å²) in [5.41, 5.74) is 1.84. The highest BCUT2D eigenvalue weighted by Crippen LogP contribution is 2.27. The molecular formula is C22H27NO4S. The van der Waals surface area contributed by atoms with Gasteiger partial charge < -0.3 is 14.8 Å². The number of hydrogen-bond acceptors (Lipinski definition) is 5. The van der Waals surface area contributed by atoms with Crippen LogP contribution in [0.25, 0.3) is 0 Å². The largest absolute Gasteiger partial charge is 0.497 e. The van der Waals surface area contributed by atoms with Gasteiger partial charge in [-0.3, -0.25) is 9.59 Å². The number of methoxy groups -OCH3 is 1. The number of thioether (sulfide) groups is 1. The van der Waals surface area contributed by atoms with E-state index < -0.39 is 12.1 Å². The van der Waals surface area contributed by atoms with Crippen LogP contribution in [0.15, 0.2) is 53.4 Å². The zero-order chi connectivity index (χ0) is 20.5. The van der Waals surface area contributed by atoms with Crippen molar-refractivity contribution in [3.63, 3.8) is 0 Å². The van der Waals surface area contributed by atoms with Gasteiger partial charge in [0.15, 0.2) is 6.10 Å². The molecule has 0 aliphatic heterocycles. The lowest BCUT2D eigenvalue weighted by molar-refractivity contribution is -0.150. The van der Waals surface area contributed by atoms with Gasteiger partial charge in [-0.05, 0) is 55.2 Å². The lowest BCUT2D eigenvalue weighted by atomic mass is 9.97. The fourth-order valence-corrected chi connectivity index (χ4v) is 3.27. The molecule has 150 valence electrons. The van der Waals surface area contributed by atoms with Crippen LogP contribution < -0.4 is 10.1 Å². The summed E-state index contributed by atoms with van der Waals surface area (Å²) >= 11 is 1.35. The number of carbonyl (C=O) groups is 2. The third kappa shape index (κ3) is 6.30. The Morgan fingerprint density at radius 3 is 2.39 bits per heavy atom. The Bertz CT molecular complexity index is 791. The van der Waals surface area contributed by atoms with Gasteiger partial charge in [0.25, 0.3) is 5.91 Å². The quantitative estimate of drug-likeness (QED) is 0.480. The van der Waals surface area contributed by atoms with Gasteiger partial charge in [0.2, 0.25) is 0 Å². The van der Waals surface area contributed by atoms with E-state index in [1.165, 1.54) is 11.8 Å². The molecule has 0 saturated heterocycles. The first-order valence-electron chi connectivity index (χ1n) is 9.30. The van der Waals surface area contributed by atoms with Crippen LogP contribution >= 0.6 is 11.8 Å². The van der Waals surface area contributed by atoms with Crippen molar-refractivity contribution in [2.45, 2.75) is 44.1 Å². The molecule has 0 heterocycles. The second kappa shape index (κ2) is 10.8. The third-order valence-electron chi connectivity index (χ3n) is 4.46. The second-order valence-corrected chi connectivity index (χ2v) is 7.53. The van der Waals surface area contributed by atoms with Gasteiger partial charge in [0.05, 0.1) is 12.9 Å². The average Bonchev–Trinajstić information content (AvgIpc) is 2.72. The molecule has 1 N–H and O–H groups in total. The normalized spacial score (nSPS) is 12.7. The summed E-state index contributed by atoms with van der Waals surface area (Å²) in [4.78, 5) is 25.5. The Kier molecular flexibility index (Phi) is 8.39. The van der Waals surface area contributed by atoms with Crippen LogP contribution in [0.5, 0.6) is 5.75 Å². The van der Waals surface area contributed by atoms with E-state index in [9.17, 15) is 9.59 Å². The molecule has 1 amide bonds. The topological polar surface area (TPSA) is 64.6 Å². The third-order valence-corrected chi connectivity index (χ3v) is 5.44. The Hall–Kier alpha value is -2.47. The van der Waals surface area contributed by atoms with Gasteiger partial charge in [0, 0.05) is 10.6 Å². The molecule has 5 nitrogen and oxygen atoms in total. The molecule has 0 radical (unpaired) electrons. The van der Waals surface area contributed by atoms with Crippen molar-refractivity contribution in [2.24, 2.45) is 0 Å². The molecule has 0 aliphatic carbocycles. The summed E-state index contributed by atoms with van der Waals surface area (Å²) in [6.45, 7) is 5.80. The highest BCUT2D eigenvalue weighted by molar-refractivity contribution is 8.00. The Morgan fingerprint density at radius 2 is 1.75 bits per heavy atom. The van der Waals surface area contributed by atoms with Gasteiger partial charge >= 0.3 is 5.97 Å². The predicted octanol–water partition coefficient (Wildman–Crippen LogP) is 4.87. The van der Waals surface area contributed by atoms with Crippen LogP contribution in [0.3, 0.4) is 0 Å². The highest BCUT2D eigenvalue weighted by atomic mass is 32.2. The number of ether oxygens (including phenoxy) is 2. The first kappa shape index (κ1) is 21.8. The molecule has 2 aromatic rings. The van der Waals surface area contributed by atoms with Crippen molar-refractivity contribution in [3.8, 4) is 5.75 Å². The molecule has 0 bridgehead atoms. The van der Waals surface area contributed by atoms with Crippen molar-refractivity contribution in [1.82, 2.24) is 0 Å². The minimum Gasteiger partial charge on any atom is -0.497 e. The molecule has 2 atom stereocenters. The summed E-state index contributed by atoms with van der Waals surface area (Å²) in [5, 5.41) is 2.88. The lowest BCUT2D eigenvalue weighted by Crippen LogP contribution is -2.31. The summed E-state index contributed by atoms with van der Waals surface area (Å²) < 4.78 is 10.4. The molecule has 0 spiro atoms. The minimum atomic E-state index is -0.867. The molecular weight excluding hydrogens is 374 g/mol. The summed E-state index contributed by atoms with van der Waals surface area (Å²) in [6.07, 6.45) is 0.106. The monoisotopic (exact) mass is 401 g/mol. The van der Waals surface area contributed by atoms with Gasteiger partial charge in [-0.25, -0.2) is 0 Å². The van der Waals surface area contributed by atoms with Crippen molar-refractivity contribution in [2.75, 3.05) is 18.2 Å². The molecule has 0 aromatic heterocycles. The number of nitrogens with one attached hydrogen (secondary N) is 1. The number of anilines is 1. The maximum absolute atomic E-state index is 12.4. The molecule has 2 aromatic carbocycles. The predicted molar refractivity (Wildman–Crippen MR) is 113 cm³/mol. The molecule has 0 aliphatic rings. The van der Waals surface area contributed by atoms with Crippen LogP contribution in [0, 0.1) is 0 Å². The molecule has 0 saturated carbocycles. The number of benzene rings is 2. The Labute approximate surface area is 170 Å². The van der Waals surface area contributed by atoms with E-state index in [1.807, 2.05) is 48.5 Å². The number of esters is 1. The van der Waals surface area contributed by atoms with E-state index in [4.69, 9.17) is 9.47 Å². The smallest absolute Gasteiger partial charge is 0.317 e. The fourth-order valence-electron chi connectivity index (χ4n) is 2.59. The van der Waals surface area contributed by atoms with Gasteiger partial charge in [0.1, 0.15) is 5.75 Å². The number of amides is 1. The van der Waals surface area contributed by atoms with E-state index >= 15 is 0 Å². The van der Waals surface area contributed by atoms with E-state index in [2.05, 4.69) is 19.2 Å². The number of carbonyl (C=O) groups excluding carboxylic acids is 2. The number of hydrogen-bond donors (Lipinski definition) is 1. The molecule has 0 fully saturated rings. The van der Waals surface area contributed by atoms with Crippen LogP contribution in [-0.2, 0) is 14.3 Å². The van der Waals surface area contributed by atoms with Crippen LogP contribution in [-0.4, -0.2) is 30.8 Å². The van der Waals surface area contributed by atoms with Crippen LogP contribution in [0.4, 0.5) is 5.69 Å². The van der Waals surface area contributed by atoms with Crippen LogP contribution in [0.2, 0.25) is 0 Å². The SMILES string of the molecule is CC[C@H](C)c1ccccc1NC(=O)[C@@H](C)OC(=O)CSc1ccc(OC)cc1. The second-order valence-electron chi connectivity index (χ2n) is 6.48. The standard InChI is InChI=1S/C22H27NO4S/c1-5-15(2)19-8-6-7-9-20(19)23-22(25)16(3)27-21(24)14-28-18-12-10-17(26-4)11-13-18/h6-13,15-16H,5,14H2,1-4H3,(H,23,25)/t15-,16+/m0/s1. The van der Waals surface area contributed by atoms with E-state index in [-0.39, 0.29) is 11.7 Å². The first-order valence-corrected chi connectivity index (χ1v) is 10.3. The zero-order valence-corrected chi connectivity index (χ0v) is 17.5. The Morgan fingerprint density at radius 1 is 1.07 bits per heavy atom. The average molecular weight is 402 g/mol. The number of para-hydroxylation sites is 1. The number of rotatable bonds is 9. The van der Waals surface area contributed by atoms with E-state index in [1.54, 1.807) is 14.0 Å². The van der Waals surface area contributed by atoms with Crippen LogP contribution in [0.1, 0.15) is 38.7 Å². The van der Waals surface area contributed by atoms with E-state index in [0.29, 0.717) is 5.92 Å². The summed E-state index contributed by atoms with van der Waals surface area (Å²) in [7, 11) is 1.60. The summed E-state index contributed by atoms with van der Waals surface area (Å²) in [6, 6.07) is 15.1. The van der Waals surface area contributed by atoms with Crippen molar-refractivity contribution < 1.29 is 19.1 Å². The lowest BCUT2D eigenvalue weighted by Gasteiger charge is -2.18. The molecule has 28 heavy (non-hydrogen) atoms. The van der Waals surface area contributed by atoms with E-state index in [0.717, 1.165) is 28.3 Å². The Balaban J connectivity index is 1.87. The molecule has 2 rings (SSSR count). The van der Waals surface area contributed by atoms with Crippen molar-refractivity contribution >= 4 is 29.3 Å². The van der Waals surface area contributed by atoms with Gasteiger partial charge in [-0.2, -0.15) is 0 Å². The maximum atomic E-state index is 12.4. The molecule has 0 unspecified atom stereocenters. The maximum Gasteiger partial charge on any atom is 0.317 e. The summed E-state index contributed by atoms with van der Waals surface area (Å²) in [5.74, 6) is 0.454. The fraction of sp³-hybridized carbons (Fsp3) is 0.364.